The van der Waals surface area contributed by atoms with Crippen LogP contribution in [0.4, 0.5) is 0 Å². The summed E-state index contributed by atoms with van der Waals surface area (Å²) in [5.41, 5.74) is 0.944. The molecule has 4 nitrogen and oxygen atoms in total. The first-order valence-electron chi connectivity index (χ1n) is 6.51. The van der Waals surface area contributed by atoms with Crippen LogP contribution in [0.25, 0.3) is 0 Å². The van der Waals surface area contributed by atoms with E-state index in [1.54, 1.807) is 0 Å². The Bertz CT molecular complexity index is 309. The maximum absolute atomic E-state index is 10.6. The normalized spacial score (nSPS) is 27.8. The number of carboxylic acid groups (broad SMARTS) is 1. The van der Waals surface area contributed by atoms with Gasteiger partial charge in [0.15, 0.2) is 0 Å². The third kappa shape index (κ3) is 3.54. The smallest absolute Gasteiger partial charge is 0.328 e. The summed E-state index contributed by atoms with van der Waals surface area (Å²) in [6.45, 7) is 7.41. The van der Waals surface area contributed by atoms with Gasteiger partial charge in [-0.2, -0.15) is 0 Å². The molecule has 2 aliphatic rings. The van der Waals surface area contributed by atoms with Gasteiger partial charge in [0.05, 0.1) is 0 Å². The highest BCUT2D eigenvalue weighted by Crippen LogP contribution is 2.20. The van der Waals surface area contributed by atoms with Gasteiger partial charge < -0.3 is 5.11 Å². The lowest BCUT2D eigenvalue weighted by Crippen LogP contribution is -2.35. The second-order valence-electron chi connectivity index (χ2n) is 5.25. The largest absolute Gasteiger partial charge is 0.478 e. The predicted octanol–water partition coefficient (Wildman–Crippen LogP) is 1.19. The Balaban J connectivity index is 1.79. The molecule has 0 saturated carbocycles. The molecule has 0 aromatic rings. The topological polar surface area (TPSA) is 43.8 Å². The molecule has 2 heterocycles. The van der Waals surface area contributed by atoms with Gasteiger partial charge in [-0.25, -0.2) is 4.79 Å². The number of hydrogen-bond donors (Lipinski definition) is 1. The number of likely N-dealkylation sites (tertiary alicyclic amines) is 2. The van der Waals surface area contributed by atoms with E-state index in [2.05, 4.69) is 9.80 Å². The highest BCUT2D eigenvalue weighted by Gasteiger charge is 2.28. The van der Waals surface area contributed by atoms with Crippen LogP contribution in [-0.4, -0.2) is 59.6 Å². The van der Waals surface area contributed by atoms with E-state index >= 15 is 0 Å². The van der Waals surface area contributed by atoms with Crippen molar-refractivity contribution in [1.82, 2.24) is 9.80 Å². The van der Waals surface area contributed by atoms with Crippen LogP contribution in [0.1, 0.15) is 26.2 Å². The van der Waals surface area contributed by atoms with Crippen molar-refractivity contribution in [3.8, 4) is 0 Å². The van der Waals surface area contributed by atoms with Gasteiger partial charge >= 0.3 is 5.97 Å². The molecule has 1 unspecified atom stereocenters. The standard InChI is InChI=1S/C13H22N2O2/c1-11(8-13(16)17)9-14-7-4-12(10-14)15-5-2-3-6-15/h8,12H,2-7,9-10H2,1H3,(H,16,17). The Morgan fingerprint density at radius 2 is 2.06 bits per heavy atom. The van der Waals surface area contributed by atoms with E-state index in [0.717, 1.165) is 25.2 Å². The molecule has 1 N–H and O–H groups in total. The van der Waals surface area contributed by atoms with Gasteiger partial charge in [-0.3, -0.25) is 9.80 Å². The number of carboxylic acids is 1. The van der Waals surface area contributed by atoms with Crippen LogP contribution in [0.2, 0.25) is 0 Å². The molecule has 0 aromatic heterocycles. The molecule has 2 saturated heterocycles. The van der Waals surface area contributed by atoms with E-state index in [9.17, 15) is 4.79 Å². The summed E-state index contributed by atoms with van der Waals surface area (Å²) in [4.78, 5) is 15.5. The van der Waals surface area contributed by atoms with Crippen LogP contribution in [-0.2, 0) is 4.79 Å². The lowest BCUT2D eigenvalue weighted by atomic mass is 10.2. The Kier molecular flexibility index (Phi) is 4.18. The molecule has 0 spiro atoms. The van der Waals surface area contributed by atoms with Gasteiger partial charge in [-0.05, 0) is 39.3 Å². The van der Waals surface area contributed by atoms with Crippen LogP contribution in [0, 0.1) is 0 Å². The van der Waals surface area contributed by atoms with Crippen molar-refractivity contribution in [2.24, 2.45) is 0 Å². The highest BCUT2D eigenvalue weighted by molar-refractivity contribution is 5.80. The average Bonchev–Trinajstić information content (AvgIpc) is 2.84. The van der Waals surface area contributed by atoms with E-state index in [0.29, 0.717) is 6.04 Å². The lowest BCUT2D eigenvalue weighted by Gasteiger charge is -2.23. The van der Waals surface area contributed by atoms with Crippen molar-refractivity contribution in [3.63, 3.8) is 0 Å². The molecule has 2 rings (SSSR count). The minimum atomic E-state index is -0.835. The molecule has 0 bridgehead atoms. The lowest BCUT2D eigenvalue weighted by molar-refractivity contribution is -0.131. The van der Waals surface area contributed by atoms with Crippen LogP contribution < -0.4 is 0 Å². The summed E-state index contributed by atoms with van der Waals surface area (Å²) < 4.78 is 0. The van der Waals surface area contributed by atoms with Crippen molar-refractivity contribution >= 4 is 5.97 Å². The molecule has 0 radical (unpaired) electrons. The first-order chi connectivity index (χ1) is 8.15. The quantitative estimate of drug-likeness (QED) is 0.747. The maximum Gasteiger partial charge on any atom is 0.328 e. The number of hydrogen-bond acceptors (Lipinski definition) is 3. The monoisotopic (exact) mass is 238 g/mol. The van der Waals surface area contributed by atoms with Crippen LogP contribution in [0.15, 0.2) is 11.6 Å². The van der Waals surface area contributed by atoms with Gasteiger partial charge in [0, 0.05) is 31.8 Å². The van der Waals surface area contributed by atoms with Crippen molar-refractivity contribution in [2.75, 3.05) is 32.7 Å². The average molecular weight is 238 g/mol. The molecule has 4 heteroatoms. The van der Waals surface area contributed by atoms with Crippen LogP contribution in [0.3, 0.4) is 0 Å². The van der Waals surface area contributed by atoms with Crippen molar-refractivity contribution < 1.29 is 9.90 Å². The Hall–Kier alpha value is -0.870. The van der Waals surface area contributed by atoms with Crippen LogP contribution in [0.5, 0.6) is 0 Å². The predicted molar refractivity (Wildman–Crippen MR) is 67.0 cm³/mol. The van der Waals surface area contributed by atoms with Crippen molar-refractivity contribution in [3.05, 3.63) is 11.6 Å². The molecule has 17 heavy (non-hydrogen) atoms. The Morgan fingerprint density at radius 3 is 2.71 bits per heavy atom. The van der Waals surface area contributed by atoms with E-state index in [4.69, 9.17) is 5.11 Å². The highest BCUT2D eigenvalue weighted by atomic mass is 16.4. The third-order valence-electron chi connectivity index (χ3n) is 3.75. The van der Waals surface area contributed by atoms with Gasteiger partial charge in [0.1, 0.15) is 0 Å². The summed E-state index contributed by atoms with van der Waals surface area (Å²) in [5.74, 6) is -0.835. The minimum Gasteiger partial charge on any atom is -0.478 e. The molecule has 96 valence electrons. The number of nitrogens with zero attached hydrogens (tertiary/aromatic N) is 2. The summed E-state index contributed by atoms with van der Waals surface area (Å²) in [5, 5.41) is 8.68. The van der Waals surface area contributed by atoms with Gasteiger partial charge in [0.2, 0.25) is 0 Å². The van der Waals surface area contributed by atoms with Gasteiger partial charge in [-0.1, -0.05) is 5.57 Å². The Labute approximate surface area is 103 Å². The molecular formula is C13H22N2O2. The first kappa shape index (κ1) is 12.6. The molecule has 2 fully saturated rings. The van der Waals surface area contributed by atoms with E-state index in [-0.39, 0.29) is 0 Å². The van der Waals surface area contributed by atoms with E-state index < -0.39 is 5.97 Å². The zero-order valence-corrected chi connectivity index (χ0v) is 10.6. The van der Waals surface area contributed by atoms with Crippen molar-refractivity contribution in [1.29, 1.82) is 0 Å². The fourth-order valence-corrected chi connectivity index (χ4v) is 2.97. The zero-order chi connectivity index (χ0) is 12.3. The maximum atomic E-state index is 10.6. The molecule has 2 aliphatic heterocycles. The summed E-state index contributed by atoms with van der Waals surface area (Å²) in [7, 11) is 0. The molecule has 0 amide bonds. The molecular weight excluding hydrogens is 216 g/mol. The fraction of sp³-hybridized carbons (Fsp3) is 0.769. The first-order valence-corrected chi connectivity index (χ1v) is 6.51. The van der Waals surface area contributed by atoms with Crippen molar-refractivity contribution in [2.45, 2.75) is 32.2 Å². The van der Waals surface area contributed by atoms with E-state index in [1.807, 2.05) is 6.92 Å². The molecule has 0 aliphatic carbocycles. The fourth-order valence-electron chi connectivity index (χ4n) is 2.97. The third-order valence-corrected chi connectivity index (χ3v) is 3.75. The SMILES string of the molecule is CC(=CC(=O)O)CN1CCC(N2CCCC2)C1. The Morgan fingerprint density at radius 1 is 1.35 bits per heavy atom. The summed E-state index contributed by atoms with van der Waals surface area (Å²) >= 11 is 0. The number of rotatable bonds is 4. The minimum absolute atomic E-state index is 0.704. The molecule has 0 aromatic carbocycles. The van der Waals surface area contributed by atoms with E-state index in [1.165, 1.54) is 38.4 Å². The molecule has 1 atom stereocenters. The number of aliphatic carboxylic acids is 1. The summed E-state index contributed by atoms with van der Waals surface area (Å²) in [6, 6.07) is 0.704. The van der Waals surface area contributed by atoms with Gasteiger partial charge in [-0.15, -0.1) is 0 Å². The van der Waals surface area contributed by atoms with Crippen LogP contribution >= 0.6 is 0 Å². The number of carbonyl (C=O) groups is 1. The summed E-state index contributed by atoms with van der Waals surface area (Å²) in [6.07, 6.45) is 5.24. The zero-order valence-electron chi connectivity index (χ0n) is 10.6. The second-order valence-corrected chi connectivity index (χ2v) is 5.25. The second kappa shape index (κ2) is 5.65. The van der Waals surface area contributed by atoms with Gasteiger partial charge in [0.25, 0.3) is 0 Å².